The van der Waals surface area contributed by atoms with Gasteiger partial charge in [-0.2, -0.15) is 9.78 Å². The summed E-state index contributed by atoms with van der Waals surface area (Å²) in [5, 5.41) is 5.28. The minimum absolute atomic E-state index is 0.00179. The van der Waals surface area contributed by atoms with Crippen molar-refractivity contribution in [3.8, 4) is 5.75 Å². The molecule has 6 nitrogen and oxygen atoms in total. The Morgan fingerprint density at radius 3 is 2.73 bits per heavy atom. The average Bonchev–Trinajstić information content (AvgIpc) is 2.69. The van der Waals surface area contributed by atoms with Crippen LogP contribution in [0.1, 0.15) is 44.5 Å². The maximum atomic E-state index is 13.2. The molecule has 0 unspecified atom stereocenters. The zero-order chi connectivity index (χ0) is 22.0. The Hall–Kier alpha value is -2.03. The molecule has 0 radical (unpaired) electrons. The van der Waals surface area contributed by atoms with Gasteiger partial charge < -0.3 is 4.74 Å². The summed E-state index contributed by atoms with van der Waals surface area (Å²) in [5.74, 6) is 0.332. The van der Waals surface area contributed by atoms with Gasteiger partial charge in [0, 0.05) is 27.9 Å². The minimum atomic E-state index is -0.484. The second-order valence-electron chi connectivity index (χ2n) is 6.70. The maximum absolute atomic E-state index is 13.2. The lowest BCUT2D eigenvalue weighted by Crippen LogP contribution is -2.23. The highest BCUT2D eigenvalue weighted by molar-refractivity contribution is 9.10. The van der Waals surface area contributed by atoms with E-state index in [0.717, 1.165) is 10.9 Å². The van der Waals surface area contributed by atoms with Gasteiger partial charge in [-0.1, -0.05) is 41.4 Å². The van der Waals surface area contributed by atoms with Gasteiger partial charge in [0.1, 0.15) is 5.82 Å². The van der Waals surface area contributed by atoms with Crippen molar-refractivity contribution in [1.82, 2.24) is 9.66 Å². The predicted octanol–water partition coefficient (Wildman–Crippen LogP) is 5.90. The summed E-state index contributed by atoms with van der Waals surface area (Å²) in [6.45, 7) is 5.31. The second-order valence-corrected chi connectivity index (χ2v) is 8.91. The number of aromatic nitrogens is 2. The number of hydrogen-bond donors (Lipinski definition) is 0. The number of fused-ring (bicyclic) bond motifs is 1. The highest BCUT2D eigenvalue weighted by Crippen LogP contribution is 2.32. The van der Waals surface area contributed by atoms with Crippen LogP contribution in [0.5, 0.6) is 5.75 Å². The molecule has 0 spiro atoms. The first-order valence-electron chi connectivity index (χ1n) is 9.15. The molecule has 156 valence electrons. The highest BCUT2D eigenvalue weighted by atomic mass is 79.9. The second kappa shape index (κ2) is 9.41. The van der Waals surface area contributed by atoms with Crippen molar-refractivity contribution in [2.24, 2.45) is 5.10 Å². The molecule has 0 bridgehead atoms. The molecule has 9 heteroatoms. The largest absolute Gasteiger partial charge is 0.425 e. The fourth-order valence-electron chi connectivity index (χ4n) is 2.83. The van der Waals surface area contributed by atoms with E-state index >= 15 is 0 Å². The molecule has 0 saturated heterocycles. The Morgan fingerprint density at radius 2 is 2.07 bits per heavy atom. The summed E-state index contributed by atoms with van der Waals surface area (Å²) >= 11 is 12.9. The van der Waals surface area contributed by atoms with Crippen molar-refractivity contribution >= 4 is 66.5 Å². The number of carbonyl (C=O) groups excluding carboxylic acids is 1. The quantitative estimate of drug-likeness (QED) is 0.223. The molecule has 1 atom stereocenters. The Morgan fingerprint density at radius 1 is 1.33 bits per heavy atom. The van der Waals surface area contributed by atoms with Crippen LogP contribution < -0.4 is 10.3 Å². The Bertz CT molecular complexity index is 1220. The van der Waals surface area contributed by atoms with Gasteiger partial charge in [0.2, 0.25) is 0 Å². The third-order valence-corrected chi connectivity index (χ3v) is 5.78. The van der Waals surface area contributed by atoms with Gasteiger partial charge in [0.25, 0.3) is 5.56 Å². The first-order valence-corrected chi connectivity index (χ1v) is 11.1. The monoisotopic (exact) mass is 553 g/mol. The predicted molar refractivity (Wildman–Crippen MR) is 126 cm³/mol. The molecule has 1 heterocycles. The van der Waals surface area contributed by atoms with Crippen LogP contribution >= 0.6 is 43.5 Å². The summed E-state index contributed by atoms with van der Waals surface area (Å²) in [6, 6.07) is 8.58. The van der Waals surface area contributed by atoms with Gasteiger partial charge in [-0.05, 0) is 52.7 Å². The van der Waals surface area contributed by atoms with Gasteiger partial charge in [0.15, 0.2) is 5.75 Å². The average molecular weight is 556 g/mol. The third kappa shape index (κ3) is 4.82. The fraction of sp³-hybridized carbons (Fsp3) is 0.238. The molecule has 0 amide bonds. The zero-order valence-corrected chi connectivity index (χ0v) is 20.4. The van der Waals surface area contributed by atoms with E-state index < -0.39 is 5.97 Å². The van der Waals surface area contributed by atoms with Crippen molar-refractivity contribution in [3.05, 3.63) is 66.0 Å². The molecule has 1 aromatic heterocycles. The number of ether oxygens (including phenoxy) is 1. The van der Waals surface area contributed by atoms with Crippen LogP contribution in [0, 0.1) is 0 Å². The number of hydrogen-bond acceptors (Lipinski definition) is 5. The molecule has 3 rings (SSSR count). The molecule has 0 aliphatic carbocycles. The molecule has 0 aliphatic rings. The summed E-state index contributed by atoms with van der Waals surface area (Å²) in [7, 11) is 0. The van der Waals surface area contributed by atoms with Crippen LogP contribution in [0.4, 0.5) is 0 Å². The van der Waals surface area contributed by atoms with Crippen LogP contribution in [0.3, 0.4) is 0 Å². The van der Waals surface area contributed by atoms with Gasteiger partial charge in [0.05, 0.1) is 21.6 Å². The molecule has 0 N–H and O–H groups in total. The van der Waals surface area contributed by atoms with E-state index in [0.29, 0.717) is 31.8 Å². The van der Waals surface area contributed by atoms with Crippen molar-refractivity contribution in [2.75, 3.05) is 0 Å². The first kappa shape index (κ1) is 22.7. The van der Waals surface area contributed by atoms with E-state index in [1.54, 1.807) is 24.3 Å². The molecule has 0 aliphatic heterocycles. The lowest BCUT2D eigenvalue weighted by Gasteiger charge is -2.14. The zero-order valence-electron chi connectivity index (χ0n) is 16.4. The maximum Gasteiger partial charge on any atom is 0.308 e. The van der Waals surface area contributed by atoms with Crippen LogP contribution in [0.25, 0.3) is 10.9 Å². The molecule has 30 heavy (non-hydrogen) atoms. The minimum Gasteiger partial charge on any atom is -0.425 e. The molecule has 2 aromatic carbocycles. The highest BCUT2D eigenvalue weighted by Gasteiger charge is 2.16. The van der Waals surface area contributed by atoms with Crippen molar-refractivity contribution < 1.29 is 9.53 Å². The lowest BCUT2D eigenvalue weighted by molar-refractivity contribution is -0.131. The van der Waals surface area contributed by atoms with Crippen LogP contribution in [-0.2, 0) is 4.79 Å². The van der Waals surface area contributed by atoms with Crippen molar-refractivity contribution in [2.45, 2.75) is 33.1 Å². The fourth-order valence-corrected chi connectivity index (χ4v) is 4.10. The molecular weight excluding hydrogens is 538 g/mol. The number of carbonyl (C=O) groups is 1. The van der Waals surface area contributed by atoms with Gasteiger partial charge in [-0.25, -0.2) is 4.98 Å². The first-order chi connectivity index (χ1) is 14.2. The normalized spacial score (nSPS) is 12.5. The molecule has 0 saturated carbocycles. The number of esters is 1. The van der Waals surface area contributed by atoms with Crippen molar-refractivity contribution in [3.63, 3.8) is 0 Å². The van der Waals surface area contributed by atoms with Crippen LogP contribution in [0.15, 0.2) is 49.2 Å². The van der Waals surface area contributed by atoms with Gasteiger partial charge in [-0.15, -0.1) is 0 Å². The van der Waals surface area contributed by atoms with E-state index in [1.165, 1.54) is 17.8 Å². The topological polar surface area (TPSA) is 73.6 Å². The molecular formula is C21H18Br2ClN3O3. The summed E-state index contributed by atoms with van der Waals surface area (Å²) < 4.78 is 7.85. The summed E-state index contributed by atoms with van der Waals surface area (Å²) in [6.07, 6.45) is 2.22. The van der Waals surface area contributed by atoms with E-state index in [4.69, 9.17) is 16.3 Å². The van der Waals surface area contributed by atoms with Crippen molar-refractivity contribution in [1.29, 1.82) is 0 Å². The van der Waals surface area contributed by atoms with E-state index in [2.05, 4.69) is 41.9 Å². The summed E-state index contributed by atoms with van der Waals surface area (Å²) in [5.41, 5.74) is 0.764. The Kier molecular flexibility index (Phi) is 7.10. The van der Waals surface area contributed by atoms with E-state index in [1.807, 2.05) is 19.9 Å². The molecule has 0 fully saturated rings. The third-order valence-electron chi connectivity index (χ3n) is 4.48. The number of halogens is 3. The van der Waals surface area contributed by atoms with Gasteiger partial charge >= 0.3 is 5.97 Å². The SMILES string of the molecule is CC[C@@H](C)c1nc2ccc(Br)cc2c(=O)n1N=Cc1cc(Cl)cc(Br)c1OC(C)=O. The number of nitrogens with zero attached hydrogens (tertiary/aromatic N) is 3. The van der Waals surface area contributed by atoms with Crippen LogP contribution in [0.2, 0.25) is 5.02 Å². The smallest absolute Gasteiger partial charge is 0.308 e. The Labute approximate surface area is 195 Å². The van der Waals surface area contributed by atoms with E-state index in [9.17, 15) is 9.59 Å². The lowest BCUT2D eigenvalue weighted by atomic mass is 10.1. The van der Waals surface area contributed by atoms with Crippen LogP contribution in [-0.4, -0.2) is 21.8 Å². The number of benzene rings is 2. The molecule has 3 aromatic rings. The summed E-state index contributed by atoms with van der Waals surface area (Å²) in [4.78, 5) is 29.4. The Balaban J connectivity index is 2.22. The van der Waals surface area contributed by atoms with Gasteiger partial charge in [-0.3, -0.25) is 9.59 Å². The standard InChI is InChI=1S/C21H18Br2ClN3O3/c1-4-11(2)20-26-18-6-5-14(22)8-16(18)21(29)27(20)25-10-13-7-15(24)9-17(23)19(13)30-12(3)28/h5-11H,4H2,1-3H3/t11-/m1/s1. The number of rotatable bonds is 5. The van der Waals surface area contributed by atoms with E-state index in [-0.39, 0.29) is 17.2 Å².